The molecule has 3 aromatic rings. The number of nitrogens with one attached hydrogen (secondary N) is 3. The molecule has 0 saturated carbocycles. The van der Waals surface area contributed by atoms with Crippen molar-refractivity contribution >= 4 is 23.6 Å². The van der Waals surface area contributed by atoms with Gasteiger partial charge in [0.25, 0.3) is 5.91 Å². The van der Waals surface area contributed by atoms with Gasteiger partial charge in [0.15, 0.2) is 6.61 Å². The van der Waals surface area contributed by atoms with Gasteiger partial charge < -0.3 is 35.2 Å². The molecule has 0 unspecified atom stereocenters. The molecule has 1 aromatic heterocycles. The van der Waals surface area contributed by atoms with Crippen LogP contribution in [0.3, 0.4) is 0 Å². The number of benzene rings is 2. The van der Waals surface area contributed by atoms with Gasteiger partial charge in [0.1, 0.15) is 23.9 Å². The van der Waals surface area contributed by atoms with E-state index in [0.29, 0.717) is 31.1 Å². The fraction of sp³-hybridized carbons (Fsp3) is 0.526. The standard InChI is InChI=1S/C38H50N6O7/c1-25(2)20-30-38(49)44-23-27(45)22-31(44)37(48)40-29(21-26-14-8-7-9-15-26)36(47)39-19-13-6-4-3-5-10-18-34-42-33(43-51-34)24-50-32-17-12-11-16-28(32)35(46)41-30/h7-9,11-12,14-17,25,27,29-31,45H,3-6,10,13,18-24H2,1-2H3,(H,39,47)(H,40,48)(H,41,46)/t27-,29-,30+,31+/m0/s1. The molecule has 3 heterocycles. The van der Waals surface area contributed by atoms with Crippen molar-refractivity contribution in [2.75, 3.05) is 13.1 Å². The summed E-state index contributed by atoms with van der Waals surface area (Å²) in [7, 11) is 0. The number of amides is 4. The third-order valence-corrected chi connectivity index (χ3v) is 9.21. The number of aryl methyl sites for hydroxylation is 1. The molecule has 1 saturated heterocycles. The summed E-state index contributed by atoms with van der Waals surface area (Å²) in [6.45, 7) is 4.25. The SMILES string of the molecule is CC(C)C[C@H]1NC(=O)c2ccccc2OCc2noc(n2)CCCCCCCCNC(=O)[C@H](Cc2ccccc2)NC(=O)[C@H]2C[C@H](O)CN2C1=O. The molecule has 2 aliphatic rings. The van der Waals surface area contributed by atoms with E-state index in [1.165, 1.54) is 4.90 Å². The van der Waals surface area contributed by atoms with Gasteiger partial charge in [-0.05, 0) is 42.9 Å². The van der Waals surface area contributed by atoms with Crippen LogP contribution in [0.2, 0.25) is 0 Å². The zero-order valence-corrected chi connectivity index (χ0v) is 29.5. The van der Waals surface area contributed by atoms with Gasteiger partial charge in [0.2, 0.25) is 29.4 Å². The lowest BCUT2D eigenvalue weighted by molar-refractivity contribution is -0.141. The van der Waals surface area contributed by atoms with E-state index in [1.54, 1.807) is 24.3 Å². The van der Waals surface area contributed by atoms with Crippen LogP contribution in [0.5, 0.6) is 5.75 Å². The first-order valence-electron chi connectivity index (χ1n) is 18.1. The topological polar surface area (TPSA) is 176 Å². The van der Waals surface area contributed by atoms with Crippen molar-refractivity contribution < 1.29 is 33.5 Å². The van der Waals surface area contributed by atoms with E-state index in [9.17, 15) is 24.3 Å². The fourth-order valence-corrected chi connectivity index (χ4v) is 6.58. The maximum atomic E-state index is 14.2. The summed E-state index contributed by atoms with van der Waals surface area (Å²) in [5.41, 5.74) is 1.09. The lowest BCUT2D eigenvalue weighted by Crippen LogP contribution is -2.57. The number of aliphatic hydroxyl groups excluding tert-OH is 1. The number of nitrogens with zero attached hydrogens (tertiary/aromatic N) is 3. The molecule has 2 bridgehead atoms. The molecule has 1 fully saturated rings. The van der Waals surface area contributed by atoms with Crippen LogP contribution >= 0.6 is 0 Å². The van der Waals surface area contributed by atoms with Gasteiger partial charge in [0.05, 0.1) is 11.7 Å². The Morgan fingerprint density at radius 3 is 2.39 bits per heavy atom. The lowest BCUT2D eigenvalue weighted by atomic mass is 10.0. The largest absolute Gasteiger partial charge is 0.485 e. The Hall–Kier alpha value is -4.78. The third-order valence-electron chi connectivity index (χ3n) is 9.21. The van der Waals surface area contributed by atoms with Crippen LogP contribution in [-0.2, 0) is 33.8 Å². The summed E-state index contributed by atoms with van der Waals surface area (Å²) in [6.07, 6.45) is 5.96. The highest BCUT2D eigenvalue weighted by atomic mass is 16.5. The highest BCUT2D eigenvalue weighted by Gasteiger charge is 2.42. The molecule has 2 aliphatic heterocycles. The molecular formula is C38H50N6O7. The Morgan fingerprint density at radius 1 is 0.882 bits per heavy atom. The van der Waals surface area contributed by atoms with Crippen molar-refractivity contribution in [1.82, 2.24) is 31.0 Å². The molecule has 4 atom stereocenters. The van der Waals surface area contributed by atoms with Gasteiger partial charge >= 0.3 is 0 Å². The quantitative estimate of drug-likeness (QED) is 0.317. The minimum absolute atomic E-state index is 0.00753. The predicted molar refractivity (Wildman–Crippen MR) is 188 cm³/mol. The second kappa shape index (κ2) is 18.5. The van der Waals surface area contributed by atoms with Gasteiger partial charge in [-0.15, -0.1) is 0 Å². The first-order valence-corrected chi connectivity index (χ1v) is 18.1. The summed E-state index contributed by atoms with van der Waals surface area (Å²) in [6, 6.07) is 13.2. The van der Waals surface area contributed by atoms with E-state index >= 15 is 0 Å². The Morgan fingerprint density at radius 2 is 1.61 bits per heavy atom. The van der Waals surface area contributed by atoms with E-state index in [2.05, 4.69) is 26.1 Å². The monoisotopic (exact) mass is 702 g/mol. The Labute approximate surface area is 298 Å². The van der Waals surface area contributed by atoms with Crippen LogP contribution in [-0.4, -0.2) is 81.1 Å². The van der Waals surface area contributed by atoms with Crippen LogP contribution in [0.1, 0.15) is 92.9 Å². The van der Waals surface area contributed by atoms with Crippen LogP contribution in [0.4, 0.5) is 0 Å². The molecule has 2 aromatic carbocycles. The number of hydrogen-bond donors (Lipinski definition) is 4. The van der Waals surface area contributed by atoms with E-state index in [1.807, 2.05) is 44.2 Å². The first-order chi connectivity index (χ1) is 24.7. The molecule has 4 amide bonds. The molecular weight excluding hydrogens is 652 g/mol. The Balaban J connectivity index is 1.39. The van der Waals surface area contributed by atoms with Gasteiger partial charge in [0, 0.05) is 32.4 Å². The Kier molecular flexibility index (Phi) is 13.6. The van der Waals surface area contributed by atoms with E-state index in [0.717, 1.165) is 44.1 Å². The number of fused-ring (bicyclic) bond motifs is 4. The van der Waals surface area contributed by atoms with Crippen LogP contribution < -0.4 is 20.7 Å². The van der Waals surface area contributed by atoms with Crippen molar-refractivity contribution in [3.63, 3.8) is 0 Å². The van der Waals surface area contributed by atoms with E-state index < -0.39 is 42.0 Å². The molecule has 0 aliphatic carbocycles. The average Bonchev–Trinajstić information content (AvgIpc) is 3.75. The normalized spacial score (nSPS) is 23.4. The number of carbonyl (C=O) groups excluding carboxylic acids is 4. The number of rotatable bonds is 4. The molecule has 51 heavy (non-hydrogen) atoms. The molecule has 4 N–H and O–H groups in total. The summed E-state index contributed by atoms with van der Waals surface area (Å²) in [5, 5.41) is 23.5. The maximum absolute atomic E-state index is 14.2. The highest BCUT2D eigenvalue weighted by Crippen LogP contribution is 2.24. The number of hydrogen-bond acceptors (Lipinski definition) is 9. The number of ether oxygens (including phenoxy) is 1. The van der Waals surface area contributed by atoms with Crippen LogP contribution in [0.15, 0.2) is 59.1 Å². The summed E-state index contributed by atoms with van der Waals surface area (Å²) >= 11 is 0. The minimum Gasteiger partial charge on any atom is -0.485 e. The number of aromatic nitrogens is 2. The van der Waals surface area contributed by atoms with E-state index in [-0.39, 0.29) is 49.1 Å². The summed E-state index contributed by atoms with van der Waals surface area (Å²) < 4.78 is 11.4. The molecule has 0 spiro atoms. The van der Waals surface area contributed by atoms with Crippen molar-refractivity contribution in [2.45, 2.75) is 109 Å². The number of para-hydroxylation sites is 1. The van der Waals surface area contributed by atoms with Crippen LogP contribution in [0, 0.1) is 5.92 Å². The van der Waals surface area contributed by atoms with Gasteiger partial charge in [-0.25, -0.2) is 0 Å². The lowest BCUT2D eigenvalue weighted by Gasteiger charge is -2.30. The van der Waals surface area contributed by atoms with Crippen LogP contribution in [0.25, 0.3) is 0 Å². The molecule has 13 nitrogen and oxygen atoms in total. The minimum atomic E-state index is -1.03. The zero-order chi connectivity index (χ0) is 36.2. The van der Waals surface area contributed by atoms with Crippen molar-refractivity contribution in [1.29, 1.82) is 0 Å². The van der Waals surface area contributed by atoms with Crippen molar-refractivity contribution in [2.24, 2.45) is 5.92 Å². The molecule has 13 heteroatoms. The fourth-order valence-electron chi connectivity index (χ4n) is 6.58. The Bertz CT molecular complexity index is 1610. The molecule has 0 radical (unpaired) electrons. The van der Waals surface area contributed by atoms with Gasteiger partial charge in [-0.3, -0.25) is 19.2 Å². The van der Waals surface area contributed by atoms with Gasteiger partial charge in [-0.1, -0.05) is 87.2 Å². The number of carbonyl (C=O) groups is 4. The highest BCUT2D eigenvalue weighted by molar-refractivity contribution is 6.00. The molecule has 5 rings (SSSR count). The van der Waals surface area contributed by atoms with Gasteiger partial charge in [-0.2, -0.15) is 4.98 Å². The summed E-state index contributed by atoms with van der Waals surface area (Å²) in [4.78, 5) is 61.0. The average molecular weight is 703 g/mol. The number of aliphatic hydroxyl groups is 1. The predicted octanol–water partition coefficient (Wildman–Crippen LogP) is 3.50. The molecule has 274 valence electrons. The summed E-state index contributed by atoms with van der Waals surface area (Å²) in [5.74, 6) is -0.671. The maximum Gasteiger partial charge on any atom is 0.255 e. The first kappa shape index (κ1) is 37.5. The van der Waals surface area contributed by atoms with E-state index in [4.69, 9.17) is 9.26 Å². The third kappa shape index (κ3) is 10.9. The van der Waals surface area contributed by atoms with Crippen molar-refractivity contribution in [3.8, 4) is 5.75 Å². The zero-order valence-electron chi connectivity index (χ0n) is 29.5. The van der Waals surface area contributed by atoms with Crippen molar-refractivity contribution in [3.05, 3.63) is 77.4 Å². The second-order valence-electron chi connectivity index (χ2n) is 13.9. The second-order valence-corrected chi connectivity index (χ2v) is 13.9. The smallest absolute Gasteiger partial charge is 0.255 e.